The van der Waals surface area contributed by atoms with Crippen molar-refractivity contribution in [3.8, 4) is 11.5 Å². The second-order valence-corrected chi connectivity index (χ2v) is 8.16. The molecule has 0 aliphatic rings. The summed E-state index contributed by atoms with van der Waals surface area (Å²) in [5.74, 6) is 0.532. The SMILES string of the molecule is COc1cccc(CNC(=O)c2ccc(CS(=O)(=O)c3ccccc3)o2)c1OC. The number of ether oxygens (including phenoxy) is 2. The summed E-state index contributed by atoms with van der Waals surface area (Å²) in [5.41, 5.74) is 0.735. The van der Waals surface area contributed by atoms with Crippen molar-refractivity contribution in [2.45, 2.75) is 17.2 Å². The molecule has 0 spiro atoms. The number of benzene rings is 2. The molecule has 8 heteroatoms. The Morgan fingerprint density at radius 2 is 1.72 bits per heavy atom. The van der Waals surface area contributed by atoms with Crippen molar-refractivity contribution in [3.05, 3.63) is 77.7 Å². The molecular weight excluding hydrogens is 394 g/mol. The number of carbonyl (C=O) groups is 1. The lowest BCUT2D eigenvalue weighted by Gasteiger charge is -2.12. The highest BCUT2D eigenvalue weighted by atomic mass is 32.2. The number of hydrogen-bond acceptors (Lipinski definition) is 6. The van der Waals surface area contributed by atoms with Gasteiger partial charge in [0.2, 0.25) is 0 Å². The number of nitrogens with one attached hydrogen (secondary N) is 1. The number of amides is 1. The quantitative estimate of drug-likeness (QED) is 0.607. The summed E-state index contributed by atoms with van der Waals surface area (Å²) < 4.78 is 40.9. The Morgan fingerprint density at radius 1 is 0.966 bits per heavy atom. The van der Waals surface area contributed by atoms with Gasteiger partial charge in [-0.25, -0.2) is 8.42 Å². The minimum Gasteiger partial charge on any atom is -0.493 e. The third-order valence-corrected chi connectivity index (χ3v) is 5.90. The second-order valence-electron chi connectivity index (χ2n) is 6.17. The monoisotopic (exact) mass is 415 g/mol. The van der Waals surface area contributed by atoms with Gasteiger partial charge in [-0.3, -0.25) is 4.79 Å². The number of para-hydroxylation sites is 1. The molecule has 0 bridgehead atoms. The van der Waals surface area contributed by atoms with Gasteiger partial charge in [-0.15, -0.1) is 0 Å². The predicted octanol–water partition coefficient (Wildman–Crippen LogP) is 3.20. The molecule has 1 aromatic heterocycles. The third kappa shape index (κ3) is 4.78. The van der Waals surface area contributed by atoms with Crippen LogP contribution in [-0.2, 0) is 22.1 Å². The van der Waals surface area contributed by atoms with E-state index < -0.39 is 15.7 Å². The van der Waals surface area contributed by atoms with Crippen LogP contribution in [0.4, 0.5) is 0 Å². The molecule has 3 rings (SSSR count). The van der Waals surface area contributed by atoms with Crippen LogP contribution in [0.3, 0.4) is 0 Å². The van der Waals surface area contributed by atoms with Crippen LogP contribution < -0.4 is 14.8 Å². The first-order valence-electron chi connectivity index (χ1n) is 8.79. The lowest BCUT2D eigenvalue weighted by Crippen LogP contribution is -2.22. The topological polar surface area (TPSA) is 94.8 Å². The maximum Gasteiger partial charge on any atom is 0.287 e. The number of furan rings is 1. The molecule has 0 saturated carbocycles. The summed E-state index contributed by atoms with van der Waals surface area (Å²) in [6.45, 7) is 0.192. The number of methoxy groups -OCH3 is 2. The highest BCUT2D eigenvalue weighted by Crippen LogP contribution is 2.30. The van der Waals surface area contributed by atoms with E-state index in [0.717, 1.165) is 5.56 Å². The van der Waals surface area contributed by atoms with E-state index in [2.05, 4.69) is 5.32 Å². The summed E-state index contributed by atoms with van der Waals surface area (Å²) in [6, 6.07) is 16.4. The number of hydrogen-bond donors (Lipinski definition) is 1. The Bertz CT molecular complexity index is 1090. The Morgan fingerprint density at radius 3 is 2.41 bits per heavy atom. The largest absolute Gasteiger partial charge is 0.493 e. The van der Waals surface area contributed by atoms with Crippen LogP contribution in [0.15, 0.2) is 70.0 Å². The molecule has 0 aliphatic heterocycles. The molecule has 0 saturated heterocycles. The van der Waals surface area contributed by atoms with E-state index in [4.69, 9.17) is 13.9 Å². The van der Waals surface area contributed by atoms with Crippen LogP contribution in [0.25, 0.3) is 0 Å². The molecule has 3 aromatic rings. The van der Waals surface area contributed by atoms with Crippen molar-refractivity contribution in [1.29, 1.82) is 0 Å². The van der Waals surface area contributed by atoms with Gasteiger partial charge in [0.1, 0.15) is 11.5 Å². The van der Waals surface area contributed by atoms with Gasteiger partial charge >= 0.3 is 0 Å². The smallest absolute Gasteiger partial charge is 0.287 e. The summed E-state index contributed by atoms with van der Waals surface area (Å²) in [6.07, 6.45) is 0. The Kier molecular flexibility index (Phi) is 6.23. The molecular formula is C21H21NO6S. The van der Waals surface area contributed by atoms with Crippen molar-refractivity contribution in [2.75, 3.05) is 14.2 Å². The number of carbonyl (C=O) groups excluding carboxylic acids is 1. The number of rotatable bonds is 8. The first-order chi connectivity index (χ1) is 13.9. The van der Waals surface area contributed by atoms with Gasteiger partial charge in [0.05, 0.1) is 19.1 Å². The predicted molar refractivity (Wildman–Crippen MR) is 107 cm³/mol. The molecule has 0 fully saturated rings. The fourth-order valence-electron chi connectivity index (χ4n) is 2.83. The average molecular weight is 415 g/mol. The lowest BCUT2D eigenvalue weighted by atomic mass is 10.2. The van der Waals surface area contributed by atoms with Crippen molar-refractivity contribution in [3.63, 3.8) is 0 Å². The van der Waals surface area contributed by atoms with Crippen LogP contribution >= 0.6 is 0 Å². The summed E-state index contributed by atoms with van der Waals surface area (Å²) in [7, 11) is -0.495. The Labute approximate surface area is 169 Å². The van der Waals surface area contributed by atoms with Crippen molar-refractivity contribution < 1.29 is 27.1 Å². The molecule has 0 unspecified atom stereocenters. The molecule has 1 heterocycles. The fraction of sp³-hybridized carbons (Fsp3) is 0.190. The summed E-state index contributed by atoms with van der Waals surface area (Å²) in [5, 5.41) is 2.73. The van der Waals surface area contributed by atoms with Crippen molar-refractivity contribution >= 4 is 15.7 Å². The maximum atomic E-state index is 12.4. The molecule has 152 valence electrons. The van der Waals surface area contributed by atoms with Gasteiger partial charge in [0, 0.05) is 12.1 Å². The van der Waals surface area contributed by atoms with E-state index in [1.807, 2.05) is 6.07 Å². The maximum absolute atomic E-state index is 12.4. The van der Waals surface area contributed by atoms with Crippen molar-refractivity contribution in [2.24, 2.45) is 0 Å². The van der Waals surface area contributed by atoms with Crippen LogP contribution in [0.5, 0.6) is 11.5 Å². The first-order valence-corrected chi connectivity index (χ1v) is 10.4. The van der Waals surface area contributed by atoms with E-state index in [-0.39, 0.29) is 28.7 Å². The average Bonchev–Trinajstić information content (AvgIpc) is 3.20. The third-order valence-electron chi connectivity index (χ3n) is 4.24. The van der Waals surface area contributed by atoms with Gasteiger partial charge in [-0.2, -0.15) is 0 Å². The molecule has 7 nitrogen and oxygen atoms in total. The normalized spacial score (nSPS) is 11.1. The first kappa shape index (κ1) is 20.5. The number of sulfone groups is 1. The van der Waals surface area contributed by atoms with E-state index in [1.165, 1.54) is 38.5 Å². The molecule has 0 radical (unpaired) electrons. The Balaban J connectivity index is 1.67. The zero-order valence-corrected chi connectivity index (χ0v) is 16.9. The van der Waals surface area contributed by atoms with Crippen LogP contribution in [0.1, 0.15) is 21.9 Å². The van der Waals surface area contributed by atoms with E-state index in [9.17, 15) is 13.2 Å². The Hall–Kier alpha value is -3.26. The van der Waals surface area contributed by atoms with Gasteiger partial charge in [0.25, 0.3) is 5.91 Å². The van der Waals surface area contributed by atoms with Gasteiger partial charge in [-0.05, 0) is 30.3 Å². The molecule has 0 aliphatic carbocycles. The summed E-state index contributed by atoms with van der Waals surface area (Å²) >= 11 is 0. The zero-order chi connectivity index (χ0) is 20.9. The molecule has 1 amide bonds. The zero-order valence-electron chi connectivity index (χ0n) is 16.0. The fourth-order valence-corrected chi connectivity index (χ4v) is 4.10. The minimum atomic E-state index is -3.55. The standard InChI is InChI=1S/C21H21NO6S/c1-26-18-10-6-7-15(20(18)27-2)13-22-21(23)19-12-11-16(28-19)14-29(24,25)17-8-4-3-5-9-17/h3-12H,13-14H2,1-2H3,(H,22,23). The highest BCUT2D eigenvalue weighted by molar-refractivity contribution is 7.90. The van der Waals surface area contributed by atoms with E-state index in [0.29, 0.717) is 11.5 Å². The van der Waals surface area contributed by atoms with Gasteiger partial charge in [0.15, 0.2) is 27.1 Å². The molecule has 0 atom stereocenters. The second kappa shape index (κ2) is 8.83. The minimum absolute atomic E-state index is 0.0325. The van der Waals surface area contributed by atoms with E-state index in [1.54, 1.807) is 30.3 Å². The highest BCUT2D eigenvalue weighted by Gasteiger charge is 2.19. The van der Waals surface area contributed by atoms with E-state index >= 15 is 0 Å². The molecule has 1 N–H and O–H groups in total. The molecule has 29 heavy (non-hydrogen) atoms. The van der Waals surface area contributed by atoms with Gasteiger partial charge < -0.3 is 19.2 Å². The lowest BCUT2D eigenvalue weighted by molar-refractivity contribution is 0.0921. The molecule has 2 aromatic carbocycles. The van der Waals surface area contributed by atoms with Crippen LogP contribution in [0.2, 0.25) is 0 Å². The van der Waals surface area contributed by atoms with Crippen LogP contribution in [-0.4, -0.2) is 28.5 Å². The van der Waals surface area contributed by atoms with Crippen molar-refractivity contribution in [1.82, 2.24) is 5.32 Å². The summed E-state index contributed by atoms with van der Waals surface area (Å²) in [4.78, 5) is 12.6. The van der Waals surface area contributed by atoms with Crippen LogP contribution in [0, 0.1) is 0 Å². The van der Waals surface area contributed by atoms with Gasteiger partial charge in [-0.1, -0.05) is 30.3 Å².